The lowest BCUT2D eigenvalue weighted by Crippen LogP contribution is -2.20. The minimum absolute atomic E-state index is 0.297. The fourth-order valence-electron chi connectivity index (χ4n) is 0.890. The Kier molecular flexibility index (Phi) is 8.86. The molecule has 0 atom stereocenters. The number of esters is 2. The molecule has 6 heteroatoms. The maximum atomic E-state index is 11.2. The number of ether oxygens (including phenoxy) is 2. The molecule has 0 rings (SSSR count). The lowest BCUT2D eigenvalue weighted by Gasteiger charge is -2.09. The van der Waals surface area contributed by atoms with Gasteiger partial charge in [-0.2, -0.15) is 0 Å². The van der Waals surface area contributed by atoms with Crippen LogP contribution in [0.25, 0.3) is 0 Å². The molecule has 0 saturated heterocycles. The van der Waals surface area contributed by atoms with Crippen LogP contribution in [-0.4, -0.2) is 76.2 Å². The van der Waals surface area contributed by atoms with Crippen molar-refractivity contribution in [3.05, 3.63) is 12.2 Å². The van der Waals surface area contributed by atoms with Crippen LogP contribution in [-0.2, 0) is 19.1 Å². The molecule has 0 bridgehead atoms. The summed E-state index contributed by atoms with van der Waals surface area (Å²) in [6.45, 7) is 1.89. The molecule has 0 aromatic rings. The zero-order valence-electron chi connectivity index (χ0n) is 11.5. The lowest BCUT2D eigenvalue weighted by atomic mass is 10.5. The third-order valence-corrected chi connectivity index (χ3v) is 1.92. The van der Waals surface area contributed by atoms with E-state index in [1.165, 1.54) is 0 Å². The van der Waals surface area contributed by atoms with Crippen LogP contribution in [0, 0.1) is 0 Å². The highest BCUT2D eigenvalue weighted by Gasteiger charge is 2.01. The molecule has 0 aliphatic carbocycles. The number of rotatable bonds is 8. The van der Waals surface area contributed by atoms with Gasteiger partial charge in [0.15, 0.2) is 0 Å². The van der Waals surface area contributed by atoms with E-state index in [0.29, 0.717) is 26.3 Å². The Morgan fingerprint density at radius 3 is 1.44 bits per heavy atom. The summed E-state index contributed by atoms with van der Waals surface area (Å²) in [7, 11) is 7.52. The number of nitrogens with zero attached hydrogens (tertiary/aromatic N) is 2. The van der Waals surface area contributed by atoms with Crippen molar-refractivity contribution in [1.82, 2.24) is 9.80 Å². The fraction of sp³-hybridized carbons (Fsp3) is 0.667. The zero-order valence-corrected chi connectivity index (χ0v) is 11.5. The Morgan fingerprint density at radius 1 is 0.833 bits per heavy atom. The SMILES string of the molecule is CN(C)CCOC(=O)/C=C/C(=O)OCCN(C)C. The topological polar surface area (TPSA) is 59.1 Å². The van der Waals surface area contributed by atoms with E-state index in [1.54, 1.807) is 0 Å². The zero-order chi connectivity index (χ0) is 14.0. The van der Waals surface area contributed by atoms with Crippen molar-refractivity contribution in [3.8, 4) is 0 Å². The maximum absolute atomic E-state index is 11.2. The Hall–Kier alpha value is -1.40. The number of likely N-dealkylation sites (N-methyl/N-ethyl adjacent to an activating group) is 2. The molecule has 18 heavy (non-hydrogen) atoms. The van der Waals surface area contributed by atoms with Gasteiger partial charge in [0.05, 0.1) is 0 Å². The van der Waals surface area contributed by atoms with E-state index in [2.05, 4.69) is 0 Å². The summed E-state index contributed by atoms with van der Waals surface area (Å²) in [5.74, 6) is -1.08. The average molecular weight is 258 g/mol. The van der Waals surface area contributed by atoms with Gasteiger partial charge in [0.2, 0.25) is 0 Å². The van der Waals surface area contributed by atoms with Crippen molar-refractivity contribution in [1.29, 1.82) is 0 Å². The fourth-order valence-corrected chi connectivity index (χ4v) is 0.890. The molecular formula is C12H22N2O4. The van der Waals surface area contributed by atoms with Crippen LogP contribution in [0.4, 0.5) is 0 Å². The minimum Gasteiger partial charge on any atom is -0.461 e. The highest BCUT2D eigenvalue weighted by atomic mass is 16.5. The third kappa shape index (κ3) is 11.1. The Morgan fingerprint density at radius 2 is 1.17 bits per heavy atom. The molecule has 104 valence electrons. The third-order valence-electron chi connectivity index (χ3n) is 1.92. The number of carbonyl (C=O) groups is 2. The molecule has 0 saturated carbocycles. The van der Waals surface area contributed by atoms with Crippen LogP contribution >= 0.6 is 0 Å². The second-order valence-corrected chi connectivity index (χ2v) is 4.27. The summed E-state index contributed by atoms with van der Waals surface area (Å²) in [4.78, 5) is 26.1. The predicted molar refractivity (Wildman–Crippen MR) is 68.2 cm³/mol. The number of hydrogen-bond acceptors (Lipinski definition) is 6. The van der Waals surface area contributed by atoms with Crippen LogP contribution in [0.5, 0.6) is 0 Å². The summed E-state index contributed by atoms with van der Waals surface area (Å²) < 4.78 is 9.73. The smallest absolute Gasteiger partial charge is 0.331 e. The van der Waals surface area contributed by atoms with E-state index in [-0.39, 0.29) is 0 Å². The second kappa shape index (κ2) is 9.61. The van der Waals surface area contributed by atoms with Gasteiger partial charge in [0, 0.05) is 25.2 Å². The van der Waals surface area contributed by atoms with E-state index < -0.39 is 11.9 Å². The summed E-state index contributed by atoms with van der Waals surface area (Å²) >= 11 is 0. The molecule has 0 aliphatic heterocycles. The Balaban J connectivity index is 3.71. The van der Waals surface area contributed by atoms with Crippen molar-refractivity contribution in [3.63, 3.8) is 0 Å². The van der Waals surface area contributed by atoms with Gasteiger partial charge >= 0.3 is 11.9 Å². The van der Waals surface area contributed by atoms with Crippen molar-refractivity contribution >= 4 is 11.9 Å². The molecule has 0 spiro atoms. The van der Waals surface area contributed by atoms with Crippen LogP contribution < -0.4 is 0 Å². The van der Waals surface area contributed by atoms with Gasteiger partial charge in [-0.15, -0.1) is 0 Å². The van der Waals surface area contributed by atoms with Crippen molar-refractivity contribution < 1.29 is 19.1 Å². The Bertz CT molecular complexity index is 260. The largest absolute Gasteiger partial charge is 0.461 e. The monoisotopic (exact) mass is 258 g/mol. The average Bonchev–Trinajstić information content (AvgIpc) is 2.25. The van der Waals surface area contributed by atoms with E-state index >= 15 is 0 Å². The van der Waals surface area contributed by atoms with Crippen LogP contribution in [0.3, 0.4) is 0 Å². The van der Waals surface area contributed by atoms with Crippen LogP contribution in [0.2, 0.25) is 0 Å². The highest BCUT2D eigenvalue weighted by molar-refractivity contribution is 5.91. The minimum atomic E-state index is -0.540. The Labute approximate surface area is 108 Å². The second-order valence-electron chi connectivity index (χ2n) is 4.27. The van der Waals surface area contributed by atoms with Gasteiger partial charge in [-0.1, -0.05) is 0 Å². The first-order valence-corrected chi connectivity index (χ1v) is 5.73. The molecule has 0 aliphatic rings. The van der Waals surface area contributed by atoms with Gasteiger partial charge in [-0.25, -0.2) is 9.59 Å². The molecule has 0 aromatic carbocycles. The molecule has 0 fully saturated rings. The van der Waals surface area contributed by atoms with Crippen molar-refractivity contribution in [2.45, 2.75) is 0 Å². The number of carbonyl (C=O) groups excluding carboxylic acids is 2. The quantitative estimate of drug-likeness (QED) is 0.442. The van der Waals surface area contributed by atoms with Crippen LogP contribution in [0.15, 0.2) is 12.2 Å². The first-order valence-electron chi connectivity index (χ1n) is 5.73. The molecule has 6 nitrogen and oxygen atoms in total. The van der Waals surface area contributed by atoms with Gasteiger partial charge < -0.3 is 19.3 Å². The first kappa shape index (κ1) is 16.6. The highest BCUT2D eigenvalue weighted by Crippen LogP contribution is 1.87. The van der Waals surface area contributed by atoms with Gasteiger partial charge in [-0.3, -0.25) is 0 Å². The van der Waals surface area contributed by atoms with Gasteiger partial charge in [0.1, 0.15) is 13.2 Å². The lowest BCUT2D eigenvalue weighted by molar-refractivity contribution is -0.140. The van der Waals surface area contributed by atoms with Crippen molar-refractivity contribution in [2.75, 3.05) is 54.5 Å². The summed E-state index contributed by atoms with van der Waals surface area (Å²) in [5, 5.41) is 0. The summed E-state index contributed by atoms with van der Waals surface area (Å²) in [6, 6.07) is 0. The van der Waals surface area contributed by atoms with E-state index in [1.807, 2.05) is 38.0 Å². The maximum Gasteiger partial charge on any atom is 0.331 e. The normalized spacial score (nSPS) is 11.2. The molecule has 0 heterocycles. The van der Waals surface area contributed by atoms with E-state index in [0.717, 1.165) is 12.2 Å². The first-order chi connectivity index (χ1) is 8.41. The van der Waals surface area contributed by atoms with Crippen molar-refractivity contribution in [2.24, 2.45) is 0 Å². The summed E-state index contributed by atoms with van der Waals surface area (Å²) in [6.07, 6.45) is 2.15. The predicted octanol–water partition coefficient (Wildman–Crippen LogP) is -0.248. The van der Waals surface area contributed by atoms with E-state index in [9.17, 15) is 9.59 Å². The molecular weight excluding hydrogens is 236 g/mol. The standard InChI is InChI=1S/C12H22N2O4/c1-13(2)7-9-17-11(15)5-6-12(16)18-10-8-14(3)4/h5-6H,7-10H2,1-4H3/b6-5+. The molecule has 0 aromatic heterocycles. The van der Waals surface area contributed by atoms with E-state index in [4.69, 9.17) is 9.47 Å². The molecule has 0 amide bonds. The molecule has 0 unspecified atom stereocenters. The molecule has 0 radical (unpaired) electrons. The van der Waals surface area contributed by atoms with Crippen LogP contribution in [0.1, 0.15) is 0 Å². The summed E-state index contributed by atoms with van der Waals surface area (Å²) in [5.41, 5.74) is 0. The van der Waals surface area contributed by atoms with Gasteiger partial charge in [0.25, 0.3) is 0 Å². The molecule has 0 N–H and O–H groups in total. The van der Waals surface area contributed by atoms with Gasteiger partial charge in [-0.05, 0) is 28.2 Å². The number of hydrogen-bond donors (Lipinski definition) is 0.